The van der Waals surface area contributed by atoms with Crippen LogP contribution in [0.2, 0.25) is 0 Å². The summed E-state index contributed by atoms with van der Waals surface area (Å²) in [5.41, 5.74) is 2.51. The lowest BCUT2D eigenvalue weighted by atomic mass is 10.0. The van der Waals surface area contributed by atoms with Crippen molar-refractivity contribution in [1.82, 2.24) is 5.32 Å². The van der Waals surface area contributed by atoms with E-state index in [9.17, 15) is 0 Å². The third-order valence-electron chi connectivity index (χ3n) is 3.64. The van der Waals surface area contributed by atoms with Crippen molar-refractivity contribution < 1.29 is 4.42 Å². The molecular weight excluding hydrogens is 254 g/mol. The Labute approximate surface area is 116 Å². The van der Waals surface area contributed by atoms with Crippen LogP contribution in [0.5, 0.6) is 0 Å². The van der Waals surface area contributed by atoms with Gasteiger partial charge in [-0.15, -0.1) is 11.3 Å². The second-order valence-electron chi connectivity index (χ2n) is 5.06. The highest BCUT2D eigenvalue weighted by molar-refractivity contribution is 7.17. The first-order valence-electron chi connectivity index (χ1n) is 6.68. The number of furan rings is 1. The molecule has 0 saturated heterocycles. The fraction of sp³-hybridized carbons (Fsp3) is 0.250. The van der Waals surface area contributed by atoms with Gasteiger partial charge in [0.2, 0.25) is 0 Å². The zero-order valence-electron chi connectivity index (χ0n) is 10.6. The molecule has 0 bridgehead atoms. The SMILES string of the molecule is c1cc(-c2ccoc2CNC2CC2)c2sccc2c1. The van der Waals surface area contributed by atoms with Crippen molar-refractivity contribution >= 4 is 21.4 Å². The minimum atomic E-state index is 0.704. The van der Waals surface area contributed by atoms with Crippen LogP contribution in [0.15, 0.2) is 46.4 Å². The Hall–Kier alpha value is -1.58. The van der Waals surface area contributed by atoms with E-state index in [-0.39, 0.29) is 0 Å². The molecule has 0 unspecified atom stereocenters. The van der Waals surface area contributed by atoms with Crippen LogP contribution in [0.4, 0.5) is 0 Å². The maximum atomic E-state index is 5.66. The van der Waals surface area contributed by atoms with E-state index in [0.717, 1.165) is 12.3 Å². The van der Waals surface area contributed by atoms with Crippen molar-refractivity contribution in [2.75, 3.05) is 0 Å². The number of hydrogen-bond acceptors (Lipinski definition) is 3. The van der Waals surface area contributed by atoms with E-state index in [0.29, 0.717) is 6.04 Å². The number of rotatable bonds is 4. The zero-order chi connectivity index (χ0) is 12.7. The van der Waals surface area contributed by atoms with Gasteiger partial charge in [0.15, 0.2) is 0 Å². The lowest BCUT2D eigenvalue weighted by molar-refractivity contribution is 0.483. The normalized spacial score (nSPS) is 15.2. The molecule has 1 aromatic carbocycles. The largest absolute Gasteiger partial charge is 0.467 e. The molecule has 2 heterocycles. The summed E-state index contributed by atoms with van der Waals surface area (Å²) in [6, 6.07) is 11.4. The molecule has 1 aliphatic carbocycles. The average Bonchev–Trinajstić information content (AvgIpc) is 2.96. The van der Waals surface area contributed by atoms with Gasteiger partial charge >= 0.3 is 0 Å². The van der Waals surface area contributed by atoms with Crippen LogP contribution in [0.1, 0.15) is 18.6 Å². The second kappa shape index (κ2) is 4.51. The van der Waals surface area contributed by atoms with Gasteiger partial charge in [0.05, 0.1) is 12.8 Å². The first-order valence-corrected chi connectivity index (χ1v) is 7.56. The first kappa shape index (κ1) is 11.3. The molecule has 3 heteroatoms. The Bertz CT molecular complexity index is 708. The highest BCUT2D eigenvalue weighted by atomic mass is 32.1. The molecule has 1 saturated carbocycles. The minimum absolute atomic E-state index is 0.704. The van der Waals surface area contributed by atoms with Crippen molar-refractivity contribution in [2.24, 2.45) is 0 Å². The maximum Gasteiger partial charge on any atom is 0.125 e. The summed E-state index contributed by atoms with van der Waals surface area (Å²) >= 11 is 1.80. The van der Waals surface area contributed by atoms with Crippen LogP contribution in [0, 0.1) is 0 Å². The third kappa shape index (κ3) is 2.09. The molecule has 0 amide bonds. The summed E-state index contributed by atoms with van der Waals surface area (Å²) in [5, 5.41) is 6.98. The van der Waals surface area contributed by atoms with Crippen LogP contribution in [-0.4, -0.2) is 6.04 Å². The number of hydrogen-bond donors (Lipinski definition) is 1. The van der Waals surface area contributed by atoms with E-state index in [1.165, 1.54) is 34.1 Å². The molecule has 1 fully saturated rings. The third-order valence-corrected chi connectivity index (χ3v) is 4.61. The van der Waals surface area contributed by atoms with E-state index >= 15 is 0 Å². The molecule has 2 nitrogen and oxygen atoms in total. The first-order chi connectivity index (χ1) is 9.42. The molecule has 1 N–H and O–H groups in total. The van der Waals surface area contributed by atoms with Crippen molar-refractivity contribution in [3.05, 3.63) is 47.7 Å². The van der Waals surface area contributed by atoms with Crippen molar-refractivity contribution in [1.29, 1.82) is 0 Å². The minimum Gasteiger partial charge on any atom is -0.467 e. The Morgan fingerprint density at radius 3 is 3.00 bits per heavy atom. The molecule has 2 aromatic heterocycles. The van der Waals surface area contributed by atoms with Crippen LogP contribution in [0.3, 0.4) is 0 Å². The summed E-state index contributed by atoms with van der Waals surface area (Å²) in [7, 11) is 0. The van der Waals surface area contributed by atoms with Gasteiger partial charge in [0, 0.05) is 21.9 Å². The molecule has 4 rings (SSSR count). The van der Waals surface area contributed by atoms with E-state index in [4.69, 9.17) is 4.42 Å². The van der Waals surface area contributed by atoms with Crippen LogP contribution in [-0.2, 0) is 6.54 Å². The van der Waals surface area contributed by atoms with Gasteiger partial charge in [-0.1, -0.05) is 18.2 Å². The summed E-state index contributed by atoms with van der Waals surface area (Å²) in [5.74, 6) is 1.05. The fourth-order valence-electron chi connectivity index (χ4n) is 2.45. The average molecular weight is 269 g/mol. The molecular formula is C16H15NOS. The van der Waals surface area contributed by atoms with Crippen molar-refractivity contribution in [3.63, 3.8) is 0 Å². The highest BCUT2D eigenvalue weighted by Gasteiger charge is 2.21. The van der Waals surface area contributed by atoms with E-state index in [1.54, 1.807) is 17.6 Å². The van der Waals surface area contributed by atoms with Gasteiger partial charge < -0.3 is 9.73 Å². The van der Waals surface area contributed by atoms with Crippen LogP contribution < -0.4 is 5.32 Å². The van der Waals surface area contributed by atoms with Crippen LogP contribution >= 0.6 is 11.3 Å². The lowest BCUT2D eigenvalue weighted by Gasteiger charge is -2.05. The lowest BCUT2D eigenvalue weighted by Crippen LogP contribution is -2.15. The molecule has 0 spiro atoms. The van der Waals surface area contributed by atoms with E-state index in [1.807, 2.05) is 0 Å². The Morgan fingerprint density at radius 2 is 2.11 bits per heavy atom. The molecule has 0 atom stereocenters. The number of thiophene rings is 1. The highest BCUT2D eigenvalue weighted by Crippen LogP contribution is 2.35. The molecule has 1 aliphatic rings. The van der Waals surface area contributed by atoms with E-state index in [2.05, 4.69) is 41.0 Å². The quantitative estimate of drug-likeness (QED) is 0.758. The summed E-state index contributed by atoms with van der Waals surface area (Å²) < 4.78 is 7.01. The smallest absolute Gasteiger partial charge is 0.125 e. The molecule has 3 aromatic rings. The molecule has 0 radical (unpaired) electrons. The Balaban J connectivity index is 1.74. The van der Waals surface area contributed by atoms with Crippen molar-refractivity contribution in [3.8, 4) is 11.1 Å². The van der Waals surface area contributed by atoms with Gasteiger partial charge in [-0.3, -0.25) is 0 Å². The predicted molar refractivity (Wildman–Crippen MR) is 79.4 cm³/mol. The topological polar surface area (TPSA) is 25.2 Å². The monoisotopic (exact) mass is 269 g/mol. The zero-order valence-corrected chi connectivity index (χ0v) is 11.4. The fourth-order valence-corrected chi connectivity index (χ4v) is 3.37. The van der Waals surface area contributed by atoms with Crippen molar-refractivity contribution in [2.45, 2.75) is 25.4 Å². The summed E-state index contributed by atoms with van der Waals surface area (Å²) in [6.07, 6.45) is 4.40. The summed E-state index contributed by atoms with van der Waals surface area (Å²) in [4.78, 5) is 0. The van der Waals surface area contributed by atoms with Gasteiger partial charge in [-0.25, -0.2) is 0 Å². The molecule has 0 aliphatic heterocycles. The number of nitrogens with one attached hydrogen (secondary N) is 1. The standard InChI is InChI=1S/C16H15NOS/c1-2-11-7-9-19-16(11)14(3-1)13-6-8-18-15(13)10-17-12-4-5-12/h1-3,6-9,12,17H,4-5,10H2. The van der Waals surface area contributed by atoms with Crippen LogP contribution in [0.25, 0.3) is 21.2 Å². The van der Waals surface area contributed by atoms with E-state index < -0.39 is 0 Å². The predicted octanol–water partition coefficient (Wildman–Crippen LogP) is 4.41. The van der Waals surface area contributed by atoms with Gasteiger partial charge in [-0.05, 0) is 35.7 Å². The Kier molecular flexibility index (Phi) is 2.67. The number of benzene rings is 1. The Morgan fingerprint density at radius 1 is 1.16 bits per heavy atom. The maximum absolute atomic E-state index is 5.66. The van der Waals surface area contributed by atoms with Gasteiger partial charge in [0.25, 0.3) is 0 Å². The van der Waals surface area contributed by atoms with Gasteiger partial charge in [-0.2, -0.15) is 0 Å². The second-order valence-corrected chi connectivity index (χ2v) is 5.97. The molecule has 96 valence electrons. The number of fused-ring (bicyclic) bond motifs is 1. The molecule has 19 heavy (non-hydrogen) atoms. The summed E-state index contributed by atoms with van der Waals surface area (Å²) in [6.45, 7) is 0.828. The van der Waals surface area contributed by atoms with Gasteiger partial charge in [0.1, 0.15) is 5.76 Å².